The zero-order valence-corrected chi connectivity index (χ0v) is 30.5. The first-order valence-electron chi connectivity index (χ1n) is 18.6. The Morgan fingerprint density at radius 1 is 0.333 bits per heavy atom. The van der Waals surface area contributed by atoms with Gasteiger partial charge in [0.15, 0.2) is 0 Å². The van der Waals surface area contributed by atoms with Gasteiger partial charge in [0.1, 0.15) is 0 Å². The molecule has 9 aromatic rings. The molecule has 0 saturated carbocycles. The summed E-state index contributed by atoms with van der Waals surface area (Å²) in [5.41, 5.74) is 12.6. The van der Waals surface area contributed by atoms with Gasteiger partial charge in [-0.05, 0) is 108 Å². The lowest BCUT2D eigenvalue weighted by molar-refractivity contribution is 0.641. The first-order chi connectivity index (χ1) is 26.6. The zero-order chi connectivity index (χ0) is 36.5. The van der Waals surface area contributed by atoms with E-state index in [1.807, 2.05) is 0 Å². The van der Waals surface area contributed by atoms with Crippen molar-refractivity contribution in [3.63, 3.8) is 0 Å². The molecular weight excluding hydrogens is 655 g/mol. The second-order valence-electron chi connectivity index (χ2n) is 14.3. The molecule has 0 aliphatic rings. The Hall–Kier alpha value is -6.84. The van der Waals surface area contributed by atoms with Crippen molar-refractivity contribution in [2.75, 3.05) is 9.80 Å². The second kappa shape index (κ2) is 13.9. The molecule has 0 unspecified atom stereocenters. The average molecular weight is 696 g/mol. The quantitative estimate of drug-likeness (QED) is 0.149. The normalized spacial score (nSPS) is 11.5. The van der Waals surface area contributed by atoms with Crippen LogP contribution in [0.15, 0.2) is 212 Å². The standard InChI is InChI=1S/C51H41N3/c1-51(2,38-27-31-44(32-28-38)52(40-17-7-3-8-18-40)41-19-9-4-10-20-41)39-29-33-45(34-30-39)53(42-21-11-5-12-22-42)46-35-36-50-48(37-46)47-25-15-16-26-49(47)54(50)43-23-13-6-14-24-43/h3-37H,1-2H3. The lowest BCUT2D eigenvalue weighted by Gasteiger charge is -2.30. The molecule has 1 aromatic heterocycles. The van der Waals surface area contributed by atoms with Crippen molar-refractivity contribution < 1.29 is 0 Å². The summed E-state index contributed by atoms with van der Waals surface area (Å²) >= 11 is 0. The van der Waals surface area contributed by atoms with Gasteiger partial charge in [0.25, 0.3) is 0 Å². The van der Waals surface area contributed by atoms with Crippen molar-refractivity contribution in [1.82, 2.24) is 4.57 Å². The Bertz CT molecular complexity index is 2610. The van der Waals surface area contributed by atoms with Crippen molar-refractivity contribution in [1.29, 1.82) is 0 Å². The molecule has 260 valence electrons. The predicted molar refractivity (Wildman–Crippen MR) is 229 cm³/mol. The van der Waals surface area contributed by atoms with E-state index in [0.717, 1.165) is 39.8 Å². The van der Waals surface area contributed by atoms with Crippen LogP contribution in [-0.4, -0.2) is 4.57 Å². The van der Waals surface area contributed by atoms with Gasteiger partial charge in [-0.25, -0.2) is 0 Å². The van der Waals surface area contributed by atoms with Crippen LogP contribution in [0, 0.1) is 0 Å². The minimum atomic E-state index is -0.211. The molecular formula is C51H41N3. The highest BCUT2D eigenvalue weighted by Crippen LogP contribution is 2.42. The van der Waals surface area contributed by atoms with E-state index >= 15 is 0 Å². The Morgan fingerprint density at radius 2 is 0.704 bits per heavy atom. The van der Waals surface area contributed by atoms with Gasteiger partial charge in [0, 0.05) is 56.0 Å². The first kappa shape index (κ1) is 33.0. The molecule has 0 atom stereocenters. The van der Waals surface area contributed by atoms with Gasteiger partial charge in [-0.15, -0.1) is 0 Å². The minimum absolute atomic E-state index is 0.211. The molecule has 0 spiro atoms. The number of aromatic nitrogens is 1. The third kappa shape index (κ3) is 6.00. The maximum Gasteiger partial charge on any atom is 0.0542 e. The summed E-state index contributed by atoms with van der Waals surface area (Å²) in [6.45, 7) is 4.63. The monoisotopic (exact) mass is 695 g/mol. The molecule has 0 fully saturated rings. The highest BCUT2D eigenvalue weighted by atomic mass is 15.1. The highest BCUT2D eigenvalue weighted by molar-refractivity contribution is 6.10. The Kier molecular flexibility index (Phi) is 8.53. The van der Waals surface area contributed by atoms with Crippen molar-refractivity contribution in [3.05, 3.63) is 223 Å². The van der Waals surface area contributed by atoms with Crippen LogP contribution in [0.3, 0.4) is 0 Å². The number of para-hydroxylation sites is 5. The Balaban J connectivity index is 1.07. The molecule has 0 amide bonds. The van der Waals surface area contributed by atoms with E-state index in [2.05, 4.69) is 241 Å². The Morgan fingerprint density at radius 3 is 1.20 bits per heavy atom. The molecule has 54 heavy (non-hydrogen) atoms. The van der Waals surface area contributed by atoms with Crippen LogP contribution in [0.2, 0.25) is 0 Å². The molecule has 9 rings (SSSR count). The van der Waals surface area contributed by atoms with Crippen LogP contribution in [-0.2, 0) is 5.41 Å². The van der Waals surface area contributed by atoms with Gasteiger partial charge in [-0.1, -0.05) is 129 Å². The van der Waals surface area contributed by atoms with Crippen molar-refractivity contribution in [3.8, 4) is 5.69 Å². The van der Waals surface area contributed by atoms with Gasteiger partial charge < -0.3 is 14.4 Å². The third-order valence-corrected chi connectivity index (χ3v) is 10.7. The predicted octanol–water partition coefficient (Wildman–Crippen LogP) is 14.0. The summed E-state index contributed by atoms with van der Waals surface area (Å²) in [5, 5.41) is 2.47. The number of hydrogen-bond donors (Lipinski definition) is 0. The van der Waals surface area contributed by atoms with E-state index < -0.39 is 0 Å². The smallest absolute Gasteiger partial charge is 0.0542 e. The summed E-state index contributed by atoms with van der Waals surface area (Å²) in [6.07, 6.45) is 0. The van der Waals surface area contributed by atoms with E-state index in [4.69, 9.17) is 0 Å². The number of hydrogen-bond acceptors (Lipinski definition) is 2. The summed E-state index contributed by atoms with van der Waals surface area (Å²) in [5.74, 6) is 0. The lowest BCUT2D eigenvalue weighted by atomic mass is 9.78. The molecule has 0 N–H and O–H groups in total. The summed E-state index contributed by atoms with van der Waals surface area (Å²) in [7, 11) is 0. The maximum absolute atomic E-state index is 2.37. The number of benzene rings is 8. The fourth-order valence-corrected chi connectivity index (χ4v) is 7.80. The zero-order valence-electron chi connectivity index (χ0n) is 30.5. The van der Waals surface area contributed by atoms with Crippen LogP contribution >= 0.6 is 0 Å². The SMILES string of the molecule is CC(C)(c1ccc(N(c2ccccc2)c2ccccc2)cc1)c1ccc(N(c2ccccc2)c2ccc3c(c2)c2ccccc2n3-c2ccccc2)cc1. The Labute approximate surface area is 317 Å². The third-order valence-electron chi connectivity index (χ3n) is 10.7. The van der Waals surface area contributed by atoms with Crippen LogP contribution in [0.4, 0.5) is 34.1 Å². The van der Waals surface area contributed by atoms with Gasteiger partial charge >= 0.3 is 0 Å². The van der Waals surface area contributed by atoms with E-state index in [-0.39, 0.29) is 5.41 Å². The van der Waals surface area contributed by atoms with E-state index in [0.29, 0.717) is 0 Å². The van der Waals surface area contributed by atoms with Crippen LogP contribution in [0.25, 0.3) is 27.5 Å². The summed E-state index contributed by atoms with van der Waals surface area (Å²) in [4.78, 5) is 4.67. The fraction of sp³-hybridized carbons (Fsp3) is 0.0588. The molecule has 3 nitrogen and oxygen atoms in total. The lowest BCUT2D eigenvalue weighted by Crippen LogP contribution is -2.19. The number of nitrogens with zero attached hydrogens (tertiary/aromatic N) is 3. The fourth-order valence-electron chi connectivity index (χ4n) is 7.80. The molecule has 0 saturated heterocycles. The minimum Gasteiger partial charge on any atom is -0.311 e. The van der Waals surface area contributed by atoms with Gasteiger partial charge in [-0.3, -0.25) is 0 Å². The van der Waals surface area contributed by atoms with Crippen LogP contribution < -0.4 is 9.80 Å². The van der Waals surface area contributed by atoms with Crippen LogP contribution in [0.5, 0.6) is 0 Å². The van der Waals surface area contributed by atoms with Crippen LogP contribution in [0.1, 0.15) is 25.0 Å². The molecule has 0 bridgehead atoms. The summed E-state index contributed by atoms with van der Waals surface area (Å²) < 4.78 is 2.37. The molecule has 8 aromatic carbocycles. The molecule has 0 radical (unpaired) electrons. The highest BCUT2D eigenvalue weighted by Gasteiger charge is 2.25. The van der Waals surface area contributed by atoms with Gasteiger partial charge in [-0.2, -0.15) is 0 Å². The van der Waals surface area contributed by atoms with Crippen molar-refractivity contribution >= 4 is 55.9 Å². The molecule has 0 aliphatic carbocycles. The van der Waals surface area contributed by atoms with Crippen molar-refractivity contribution in [2.24, 2.45) is 0 Å². The topological polar surface area (TPSA) is 11.4 Å². The van der Waals surface area contributed by atoms with E-state index in [1.165, 1.54) is 32.9 Å². The molecule has 3 heteroatoms. The second-order valence-corrected chi connectivity index (χ2v) is 14.3. The number of anilines is 6. The largest absolute Gasteiger partial charge is 0.311 e. The number of fused-ring (bicyclic) bond motifs is 3. The maximum atomic E-state index is 2.37. The number of rotatable bonds is 9. The average Bonchev–Trinajstić information content (AvgIpc) is 3.57. The van der Waals surface area contributed by atoms with Crippen molar-refractivity contribution in [2.45, 2.75) is 19.3 Å². The molecule has 1 heterocycles. The first-order valence-corrected chi connectivity index (χ1v) is 18.6. The molecule has 0 aliphatic heterocycles. The van der Waals surface area contributed by atoms with E-state index in [9.17, 15) is 0 Å². The van der Waals surface area contributed by atoms with Gasteiger partial charge in [0.2, 0.25) is 0 Å². The summed E-state index contributed by atoms with van der Waals surface area (Å²) in [6, 6.07) is 76.2. The van der Waals surface area contributed by atoms with E-state index in [1.54, 1.807) is 0 Å². The van der Waals surface area contributed by atoms with Gasteiger partial charge in [0.05, 0.1) is 11.0 Å².